The van der Waals surface area contributed by atoms with Gasteiger partial charge in [0.1, 0.15) is 0 Å². The van der Waals surface area contributed by atoms with E-state index in [-0.39, 0.29) is 0 Å². The van der Waals surface area contributed by atoms with Crippen molar-refractivity contribution in [3.05, 3.63) is 18.0 Å². The average Bonchev–Trinajstić information content (AvgIpc) is 2.86. The summed E-state index contributed by atoms with van der Waals surface area (Å²) < 4.78 is 2.20. The molecule has 1 aromatic heterocycles. The second-order valence-corrected chi connectivity index (χ2v) is 5.67. The number of nitrogens with zero attached hydrogens (tertiary/aromatic N) is 2. The van der Waals surface area contributed by atoms with Crippen LogP contribution in [-0.4, -0.2) is 16.3 Å². The van der Waals surface area contributed by atoms with Crippen molar-refractivity contribution in [2.45, 2.75) is 58.4 Å². The van der Waals surface area contributed by atoms with Crippen LogP contribution in [0.4, 0.5) is 0 Å². The number of hydrogen-bond acceptors (Lipinski definition) is 2. The van der Waals surface area contributed by atoms with E-state index in [1.807, 2.05) is 6.20 Å². The zero-order chi connectivity index (χ0) is 13.0. The van der Waals surface area contributed by atoms with Crippen LogP contribution in [0.5, 0.6) is 0 Å². The van der Waals surface area contributed by atoms with E-state index in [4.69, 9.17) is 5.73 Å². The third-order valence-corrected chi connectivity index (χ3v) is 4.55. The molecule has 1 saturated carbocycles. The van der Waals surface area contributed by atoms with E-state index in [9.17, 15) is 0 Å². The van der Waals surface area contributed by atoms with E-state index in [0.29, 0.717) is 11.8 Å². The van der Waals surface area contributed by atoms with Crippen molar-refractivity contribution < 1.29 is 0 Å². The Balaban J connectivity index is 2.18. The molecule has 0 spiro atoms. The maximum Gasteiger partial charge on any atom is 0.0492 e. The van der Waals surface area contributed by atoms with Crippen LogP contribution >= 0.6 is 0 Å². The summed E-state index contributed by atoms with van der Waals surface area (Å²) in [4.78, 5) is 0. The van der Waals surface area contributed by atoms with E-state index >= 15 is 0 Å². The summed E-state index contributed by atoms with van der Waals surface area (Å²) in [5.41, 5.74) is 7.40. The van der Waals surface area contributed by atoms with Crippen LogP contribution in [-0.2, 0) is 6.54 Å². The fourth-order valence-electron chi connectivity index (χ4n) is 3.39. The summed E-state index contributed by atoms with van der Waals surface area (Å²) in [6, 6.07) is 2.21. The molecule has 1 fully saturated rings. The van der Waals surface area contributed by atoms with Crippen LogP contribution in [0.2, 0.25) is 0 Å². The molecule has 3 unspecified atom stereocenters. The molecule has 1 aliphatic carbocycles. The lowest BCUT2D eigenvalue weighted by molar-refractivity contribution is 0.227. The highest BCUT2D eigenvalue weighted by atomic mass is 15.3. The zero-order valence-electron chi connectivity index (χ0n) is 11.8. The molecule has 2 rings (SSSR count). The minimum Gasteiger partial charge on any atom is -0.330 e. The summed E-state index contributed by atoms with van der Waals surface area (Å²) in [6.07, 6.45) is 8.34. The summed E-state index contributed by atoms with van der Waals surface area (Å²) in [6.45, 7) is 6.38. The van der Waals surface area contributed by atoms with Gasteiger partial charge in [-0.25, -0.2) is 0 Å². The van der Waals surface area contributed by atoms with Crippen molar-refractivity contribution in [2.75, 3.05) is 6.54 Å². The predicted octanol–water partition coefficient (Wildman–Crippen LogP) is 3.16. The van der Waals surface area contributed by atoms with Gasteiger partial charge in [-0.05, 0) is 43.7 Å². The Morgan fingerprint density at radius 3 is 2.89 bits per heavy atom. The number of rotatable bonds is 5. The maximum absolute atomic E-state index is 5.98. The first kappa shape index (κ1) is 13.6. The van der Waals surface area contributed by atoms with Crippen LogP contribution in [0, 0.1) is 11.8 Å². The Morgan fingerprint density at radius 1 is 1.39 bits per heavy atom. The Hall–Kier alpha value is -0.830. The minimum atomic E-state index is 0.628. The fraction of sp³-hybridized carbons (Fsp3) is 0.800. The molecule has 3 nitrogen and oxygen atoms in total. The van der Waals surface area contributed by atoms with Crippen LogP contribution in [0.15, 0.2) is 12.3 Å². The second-order valence-electron chi connectivity index (χ2n) is 5.67. The lowest BCUT2D eigenvalue weighted by atomic mass is 9.72. The SMILES string of the molecule is CCCn1nccc1C1CC(CC)CCC1CN. The highest BCUT2D eigenvalue weighted by Crippen LogP contribution is 2.41. The van der Waals surface area contributed by atoms with Crippen molar-refractivity contribution in [2.24, 2.45) is 17.6 Å². The van der Waals surface area contributed by atoms with Crippen molar-refractivity contribution in [1.82, 2.24) is 9.78 Å². The van der Waals surface area contributed by atoms with Gasteiger partial charge in [0, 0.05) is 24.4 Å². The average molecular weight is 249 g/mol. The van der Waals surface area contributed by atoms with E-state index in [0.717, 1.165) is 25.4 Å². The monoisotopic (exact) mass is 249 g/mol. The molecule has 0 bridgehead atoms. The van der Waals surface area contributed by atoms with Gasteiger partial charge in [0.2, 0.25) is 0 Å². The number of nitrogens with two attached hydrogens (primary N) is 1. The Labute approximate surface area is 111 Å². The smallest absolute Gasteiger partial charge is 0.0492 e. The van der Waals surface area contributed by atoms with Gasteiger partial charge < -0.3 is 5.73 Å². The maximum atomic E-state index is 5.98. The van der Waals surface area contributed by atoms with Crippen LogP contribution < -0.4 is 5.73 Å². The van der Waals surface area contributed by atoms with E-state index in [1.54, 1.807) is 0 Å². The molecule has 3 heteroatoms. The van der Waals surface area contributed by atoms with E-state index in [1.165, 1.54) is 31.4 Å². The Kier molecular flexibility index (Phi) is 4.81. The quantitative estimate of drug-likeness (QED) is 0.871. The molecule has 0 aromatic carbocycles. The molecule has 0 radical (unpaired) electrons. The minimum absolute atomic E-state index is 0.628. The lowest BCUT2D eigenvalue weighted by Gasteiger charge is -2.35. The molecule has 1 aromatic rings. The first-order valence-electron chi connectivity index (χ1n) is 7.51. The normalized spacial score (nSPS) is 28.5. The van der Waals surface area contributed by atoms with Crippen molar-refractivity contribution in [3.63, 3.8) is 0 Å². The molecule has 1 aliphatic rings. The highest BCUT2D eigenvalue weighted by molar-refractivity contribution is 5.11. The standard InChI is InChI=1S/C15H27N3/c1-3-9-18-15(7-8-17-18)14-10-12(4-2)5-6-13(14)11-16/h7-8,12-14H,3-6,9-11,16H2,1-2H3. The fourth-order valence-corrected chi connectivity index (χ4v) is 3.39. The van der Waals surface area contributed by atoms with Gasteiger partial charge in [-0.1, -0.05) is 26.7 Å². The van der Waals surface area contributed by atoms with E-state index in [2.05, 4.69) is 29.7 Å². The molecule has 1 heterocycles. The second kappa shape index (κ2) is 6.37. The molecular weight excluding hydrogens is 222 g/mol. The molecule has 0 aliphatic heterocycles. The third-order valence-electron chi connectivity index (χ3n) is 4.55. The van der Waals surface area contributed by atoms with Crippen LogP contribution in [0.25, 0.3) is 0 Å². The predicted molar refractivity (Wildman–Crippen MR) is 75.4 cm³/mol. The molecule has 102 valence electrons. The first-order chi connectivity index (χ1) is 8.80. The summed E-state index contributed by atoms with van der Waals surface area (Å²) in [5.74, 6) is 2.16. The third kappa shape index (κ3) is 2.77. The summed E-state index contributed by atoms with van der Waals surface area (Å²) >= 11 is 0. The van der Waals surface area contributed by atoms with E-state index < -0.39 is 0 Å². The Bertz CT molecular complexity index is 358. The van der Waals surface area contributed by atoms with Crippen LogP contribution in [0.1, 0.15) is 57.6 Å². The number of hydrogen-bond donors (Lipinski definition) is 1. The lowest BCUT2D eigenvalue weighted by Crippen LogP contribution is -2.30. The van der Waals surface area contributed by atoms with Crippen molar-refractivity contribution in [3.8, 4) is 0 Å². The number of aromatic nitrogens is 2. The Morgan fingerprint density at radius 2 is 2.22 bits per heavy atom. The largest absolute Gasteiger partial charge is 0.330 e. The molecule has 2 N–H and O–H groups in total. The summed E-state index contributed by atoms with van der Waals surface area (Å²) in [7, 11) is 0. The van der Waals surface area contributed by atoms with Gasteiger partial charge in [0.25, 0.3) is 0 Å². The molecular formula is C15H27N3. The van der Waals surface area contributed by atoms with Crippen molar-refractivity contribution >= 4 is 0 Å². The number of aryl methyl sites for hydroxylation is 1. The molecule has 18 heavy (non-hydrogen) atoms. The van der Waals surface area contributed by atoms with Gasteiger partial charge in [-0.3, -0.25) is 4.68 Å². The van der Waals surface area contributed by atoms with Gasteiger partial charge in [0.15, 0.2) is 0 Å². The molecule has 0 saturated heterocycles. The molecule has 0 amide bonds. The topological polar surface area (TPSA) is 43.8 Å². The van der Waals surface area contributed by atoms with Gasteiger partial charge in [-0.2, -0.15) is 5.10 Å². The van der Waals surface area contributed by atoms with Gasteiger partial charge >= 0.3 is 0 Å². The summed E-state index contributed by atoms with van der Waals surface area (Å²) in [5, 5.41) is 4.48. The van der Waals surface area contributed by atoms with Gasteiger partial charge in [-0.15, -0.1) is 0 Å². The van der Waals surface area contributed by atoms with Crippen molar-refractivity contribution in [1.29, 1.82) is 0 Å². The van der Waals surface area contributed by atoms with Gasteiger partial charge in [0.05, 0.1) is 0 Å². The van der Waals surface area contributed by atoms with Crippen LogP contribution in [0.3, 0.4) is 0 Å². The highest BCUT2D eigenvalue weighted by Gasteiger charge is 2.31. The molecule has 3 atom stereocenters. The first-order valence-corrected chi connectivity index (χ1v) is 7.51. The zero-order valence-corrected chi connectivity index (χ0v) is 11.8.